The lowest BCUT2D eigenvalue weighted by atomic mass is 10.0. The van der Waals surface area contributed by atoms with Crippen molar-refractivity contribution in [1.82, 2.24) is 15.0 Å². The maximum atomic E-state index is 10.7. The maximum Gasteiger partial charge on any atom is 0.146 e. The average molecular weight is 353 g/mol. The fourth-order valence-corrected chi connectivity index (χ4v) is 3.10. The van der Waals surface area contributed by atoms with E-state index < -0.39 is 0 Å². The molecule has 0 fully saturated rings. The number of phenols is 1. The van der Waals surface area contributed by atoms with Gasteiger partial charge in [-0.1, -0.05) is 39.7 Å². The lowest BCUT2D eigenvalue weighted by Gasteiger charge is -2.11. The number of aromatic hydroxyl groups is 1. The van der Waals surface area contributed by atoms with Crippen molar-refractivity contribution < 1.29 is 9.84 Å². The number of ether oxygens (including phenoxy) is 1. The number of phenolic OH excluding ortho intramolecular Hbond substituents is 1. The molecule has 0 spiro atoms. The van der Waals surface area contributed by atoms with Gasteiger partial charge in [0, 0.05) is 6.07 Å². The molecular formula is C21H27N3O2. The minimum Gasteiger partial charge on any atom is -0.505 e. The molecule has 0 bridgehead atoms. The highest BCUT2D eigenvalue weighted by Crippen LogP contribution is 2.30. The van der Waals surface area contributed by atoms with Crippen LogP contribution in [0.2, 0.25) is 0 Å². The Balaban J connectivity index is 2.04. The molecule has 5 heteroatoms. The van der Waals surface area contributed by atoms with E-state index in [1.54, 1.807) is 4.80 Å². The molecule has 26 heavy (non-hydrogen) atoms. The van der Waals surface area contributed by atoms with Crippen LogP contribution in [0, 0.1) is 0 Å². The Bertz CT molecular complexity index is 886. The van der Waals surface area contributed by atoms with Crippen molar-refractivity contribution >= 4 is 11.0 Å². The first-order chi connectivity index (χ1) is 12.7. The highest BCUT2D eigenvalue weighted by atomic mass is 16.5. The van der Waals surface area contributed by atoms with Crippen LogP contribution in [-0.2, 0) is 12.8 Å². The van der Waals surface area contributed by atoms with E-state index in [9.17, 15) is 5.11 Å². The largest absolute Gasteiger partial charge is 0.505 e. The first-order valence-electron chi connectivity index (χ1n) is 9.51. The van der Waals surface area contributed by atoms with Crippen LogP contribution in [0.5, 0.6) is 11.5 Å². The Morgan fingerprint density at radius 2 is 1.69 bits per heavy atom. The summed E-state index contributed by atoms with van der Waals surface area (Å²) in [4.78, 5) is 1.54. The van der Waals surface area contributed by atoms with E-state index in [4.69, 9.17) is 4.74 Å². The van der Waals surface area contributed by atoms with Gasteiger partial charge < -0.3 is 9.84 Å². The molecule has 0 atom stereocenters. The van der Waals surface area contributed by atoms with Crippen LogP contribution in [0.15, 0.2) is 30.3 Å². The molecule has 138 valence electrons. The van der Waals surface area contributed by atoms with Crippen LogP contribution in [0.3, 0.4) is 0 Å². The van der Waals surface area contributed by atoms with Crippen LogP contribution in [0.4, 0.5) is 0 Å². The Hall–Kier alpha value is -2.56. The minimum atomic E-state index is 0.273. The highest BCUT2D eigenvalue weighted by molar-refractivity contribution is 5.76. The fourth-order valence-electron chi connectivity index (χ4n) is 3.10. The number of nitrogens with zero attached hydrogens (tertiary/aromatic N) is 3. The molecule has 0 aliphatic heterocycles. The third-order valence-electron chi connectivity index (χ3n) is 4.33. The topological polar surface area (TPSA) is 60.2 Å². The van der Waals surface area contributed by atoms with Crippen LogP contribution < -0.4 is 4.74 Å². The molecule has 2 aromatic carbocycles. The van der Waals surface area contributed by atoms with Crippen molar-refractivity contribution in [2.24, 2.45) is 0 Å². The lowest BCUT2D eigenvalue weighted by Crippen LogP contribution is -2.03. The SMILES string of the molecule is CCCOc1ccc2nn(-c3cc(CCC)cc(CCC)c3O)nc2c1. The van der Waals surface area contributed by atoms with Gasteiger partial charge in [-0.3, -0.25) is 0 Å². The van der Waals surface area contributed by atoms with Crippen molar-refractivity contribution in [2.75, 3.05) is 6.61 Å². The van der Waals surface area contributed by atoms with E-state index in [0.717, 1.165) is 54.5 Å². The molecule has 0 unspecified atom stereocenters. The molecule has 0 radical (unpaired) electrons. The molecule has 0 saturated carbocycles. The van der Waals surface area contributed by atoms with Gasteiger partial charge in [0.15, 0.2) is 0 Å². The summed E-state index contributed by atoms with van der Waals surface area (Å²) in [5.41, 5.74) is 4.35. The van der Waals surface area contributed by atoms with Gasteiger partial charge in [0.05, 0.1) is 6.61 Å². The molecule has 3 aromatic rings. The summed E-state index contributed by atoms with van der Waals surface area (Å²) in [6.07, 6.45) is 4.81. The number of rotatable bonds is 8. The summed E-state index contributed by atoms with van der Waals surface area (Å²) in [6.45, 7) is 7.03. The quantitative estimate of drug-likeness (QED) is 0.631. The molecule has 0 amide bonds. The first kappa shape index (κ1) is 18.2. The first-order valence-corrected chi connectivity index (χ1v) is 9.51. The molecular weight excluding hydrogens is 326 g/mol. The monoisotopic (exact) mass is 353 g/mol. The van der Waals surface area contributed by atoms with Gasteiger partial charge in [-0.15, -0.1) is 15.0 Å². The van der Waals surface area contributed by atoms with E-state index in [0.29, 0.717) is 12.3 Å². The lowest BCUT2D eigenvalue weighted by molar-refractivity contribution is 0.318. The second-order valence-corrected chi connectivity index (χ2v) is 6.61. The summed E-state index contributed by atoms with van der Waals surface area (Å²) < 4.78 is 5.68. The van der Waals surface area contributed by atoms with E-state index >= 15 is 0 Å². The highest BCUT2D eigenvalue weighted by Gasteiger charge is 2.14. The van der Waals surface area contributed by atoms with Crippen LogP contribution in [0.1, 0.15) is 51.2 Å². The molecule has 5 nitrogen and oxygen atoms in total. The number of hydrogen-bond acceptors (Lipinski definition) is 4. The third-order valence-corrected chi connectivity index (χ3v) is 4.33. The Morgan fingerprint density at radius 1 is 0.923 bits per heavy atom. The zero-order valence-electron chi connectivity index (χ0n) is 15.8. The zero-order valence-corrected chi connectivity index (χ0v) is 15.8. The Kier molecular flexibility index (Phi) is 5.76. The summed E-state index contributed by atoms with van der Waals surface area (Å²) in [5.74, 6) is 1.07. The predicted octanol–water partition coefficient (Wildman–Crippen LogP) is 4.82. The average Bonchev–Trinajstić information content (AvgIpc) is 3.06. The van der Waals surface area contributed by atoms with Crippen LogP contribution in [0.25, 0.3) is 16.7 Å². The maximum absolute atomic E-state index is 10.7. The smallest absolute Gasteiger partial charge is 0.146 e. The normalized spacial score (nSPS) is 11.2. The van der Waals surface area contributed by atoms with E-state index in [1.807, 2.05) is 24.3 Å². The number of aromatic nitrogens is 3. The van der Waals surface area contributed by atoms with E-state index in [2.05, 4.69) is 37.0 Å². The van der Waals surface area contributed by atoms with Gasteiger partial charge in [-0.05, 0) is 48.6 Å². The van der Waals surface area contributed by atoms with Gasteiger partial charge in [-0.25, -0.2) is 0 Å². The fraction of sp³-hybridized carbons (Fsp3) is 0.429. The second kappa shape index (κ2) is 8.21. The van der Waals surface area contributed by atoms with Crippen molar-refractivity contribution in [2.45, 2.75) is 52.9 Å². The number of benzene rings is 2. The summed E-state index contributed by atoms with van der Waals surface area (Å²) >= 11 is 0. The Morgan fingerprint density at radius 3 is 2.42 bits per heavy atom. The number of fused-ring (bicyclic) bond motifs is 1. The van der Waals surface area contributed by atoms with Gasteiger partial charge in [-0.2, -0.15) is 0 Å². The Labute approximate surface area is 154 Å². The van der Waals surface area contributed by atoms with Gasteiger partial charge in [0.1, 0.15) is 28.2 Å². The second-order valence-electron chi connectivity index (χ2n) is 6.61. The molecule has 0 saturated heterocycles. The van der Waals surface area contributed by atoms with Crippen molar-refractivity contribution in [3.63, 3.8) is 0 Å². The van der Waals surface area contributed by atoms with Gasteiger partial charge in [0.2, 0.25) is 0 Å². The molecule has 3 rings (SSSR count). The molecule has 0 aliphatic rings. The molecule has 1 N–H and O–H groups in total. The van der Waals surface area contributed by atoms with Crippen molar-refractivity contribution in [1.29, 1.82) is 0 Å². The van der Waals surface area contributed by atoms with Crippen LogP contribution in [-0.4, -0.2) is 26.7 Å². The third kappa shape index (κ3) is 3.82. The van der Waals surface area contributed by atoms with E-state index in [-0.39, 0.29) is 5.75 Å². The zero-order chi connectivity index (χ0) is 18.5. The molecule has 0 aliphatic carbocycles. The summed E-state index contributed by atoms with van der Waals surface area (Å²) in [5, 5.41) is 19.9. The standard InChI is InChI=1S/C21H27N3O2/c1-4-7-15-12-16(8-5-2)21(25)20(13-15)24-22-18-10-9-17(26-11-6-3)14-19(18)23-24/h9-10,12-14,25H,4-8,11H2,1-3H3. The van der Waals surface area contributed by atoms with E-state index in [1.165, 1.54) is 5.56 Å². The van der Waals surface area contributed by atoms with Crippen molar-refractivity contribution in [3.05, 3.63) is 41.5 Å². The summed E-state index contributed by atoms with van der Waals surface area (Å²) in [7, 11) is 0. The predicted molar refractivity (Wildman–Crippen MR) is 104 cm³/mol. The molecule has 1 aromatic heterocycles. The molecule has 1 heterocycles. The number of aryl methyl sites for hydroxylation is 2. The minimum absolute atomic E-state index is 0.273. The summed E-state index contributed by atoms with van der Waals surface area (Å²) in [6, 6.07) is 9.81. The van der Waals surface area contributed by atoms with Crippen LogP contribution >= 0.6 is 0 Å². The van der Waals surface area contributed by atoms with Gasteiger partial charge >= 0.3 is 0 Å². The number of hydrogen-bond donors (Lipinski definition) is 1. The van der Waals surface area contributed by atoms with Crippen molar-refractivity contribution in [3.8, 4) is 17.2 Å². The van der Waals surface area contributed by atoms with Gasteiger partial charge in [0.25, 0.3) is 0 Å².